The highest BCUT2D eigenvalue weighted by Crippen LogP contribution is 2.23. The highest BCUT2D eigenvalue weighted by atomic mass is 16.4. The molecule has 1 saturated heterocycles. The van der Waals surface area contributed by atoms with Crippen LogP contribution in [0.3, 0.4) is 0 Å². The maximum Gasteiger partial charge on any atom is 0.318 e. The first-order chi connectivity index (χ1) is 8.58. The third-order valence-electron chi connectivity index (χ3n) is 3.15. The number of amides is 2. The van der Waals surface area contributed by atoms with Crippen LogP contribution in [-0.2, 0) is 4.79 Å². The Morgan fingerprint density at radius 3 is 2.89 bits per heavy atom. The maximum atomic E-state index is 11.7. The van der Waals surface area contributed by atoms with Gasteiger partial charge in [0.15, 0.2) is 0 Å². The molecule has 1 aliphatic rings. The third-order valence-corrected chi connectivity index (χ3v) is 3.15. The van der Waals surface area contributed by atoms with Crippen molar-refractivity contribution in [2.45, 2.75) is 19.4 Å². The van der Waals surface area contributed by atoms with Crippen molar-refractivity contribution in [3.05, 3.63) is 35.4 Å². The van der Waals surface area contributed by atoms with Crippen LogP contribution in [0.25, 0.3) is 0 Å². The largest absolute Gasteiger partial charge is 0.481 e. The third kappa shape index (κ3) is 2.61. The summed E-state index contributed by atoms with van der Waals surface area (Å²) in [6, 6.07) is 7.64. The van der Waals surface area contributed by atoms with E-state index in [1.165, 1.54) is 0 Å². The van der Waals surface area contributed by atoms with E-state index in [9.17, 15) is 9.59 Å². The summed E-state index contributed by atoms with van der Waals surface area (Å²) in [6.07, 6.45) is -0.0199. The standard InChI is InChI=1S/C13H16N2O3/c1-9-4-2-3-5-10(9)11-8-15(13(18)14-11)7-6-12(16)17/h2-5,11H,6-8H2,1H3,(H,14,18)(H,16,17). The lowest BCUT2D eigenvalue weighted by Crippen LogP contribution is -2.30. The summed E-state index contributed by atoms with van der Waals surface area (Å²) < 4.78 is 0. The molecule has 0 saturated carbocycles. The van der Waals surface area contributed by atoms with Gasteiger partial charge in [0.05, 0.1) is 12.5 Å². The molecule has 18 heavy (non-hydrogen) atoms. The molecule has 1 atom stereocenters. The lowest BCUT2D eigenvalue weighted by atomic mass is 10.0. The first kappa shape index (κ1) is 12.4. The van der Waals surface area contributed by atoms with Crippen LogP contribution in [0.15, 0.2) is 24.3 Å². The fourth-order valence-electron chi connectivity index (χ4n) is 2.17. The molecular formula is C13H16N2O3. The van der Waals surface area contributed by atoms with Crippen molar-refractivity contribution in [3.63, 3.8) is 0 Å². The van der Waals surface area contributed by atoms with Crippen molar-refractivity contribution in [2.75, 3.05) is 13.1 Å². The normalized spacial score (nSPS) is 18.8. The number of aliphatic carboxylic acids is 1. The number of hydrogen-bond donors (Lipinski definition) is 2. The van der Waals surface area contributed by atoms with Crippen LogP contribution in [0.4, 0.5) is 4.79 Å². The van der Waals surface area contributed by atoms with Crippen molar-refractivity contribution in [2.24, 2.45) is 0 Å². The number of carboxylic acid groups (broad SMARTS) is 1. The molecule has 0 bridgehead atoms. The van der Waals surface area contributed by atoms with Crippen molar-refractivity contribution in [3.8, 4) is 0 Å². The second kappa shape index (κ2) is 5.08. The average molecular weight is 248 g/mol. The summed E-state index contributed by atoms with van der Waals surface area (Å²) in [4.78, 5) is 23.8. The molecular weight excluding hydrogens is 232 g/mol. The number of carboxylic acids is 1. The Morgan fingerprint density at radius 1 is 1.50 bits per heavy atom. The SMILES string of the molecule is Cc1ccccc1C1CN(CCC(=O)O)C(=O)N1. The number of benzene rings is 1. The minimum absolute atomic E-state index is 0.0199. The van der Waals surface area contributed by atoms with Crippen LogP contribution in [0.1, 0.15) is 23.6 Å². The topological polar surface area (TPSA) is 69.6 Å². The Bertz CT molecular complexity index is 473. The van der Waals surface area contributed by atoms with E-state index in [4.69, 9.17) is 5.11 Å². The summed E-state index contributed by atoms with van der Waals surface area (Å²) in [6.45, 7) is 2.78. The van der Waals surface area contributed by atoms with Gasteiger partial charge in [-0.2, -0.15) is 0 Å². The Balaban J connectivity index is 2.04. The lowest BCUT2D eigenvalue weighted by molar-refractivity contribution is -0.137. The van der Waals surface area contributed by atoms with Crippen molar-refractivity contribution < 1.29 is 14.7 Å². The van der Waals surface area contributed by atoms with Crippen molar-refractivity contribution >= 4 is 12.0 Å². The number of urea groups is 1. The molecule has 1 aromatic carbocycles. The molecule has 1 aliphatic heterocycles. The van der Waals surface area contributed by atoms with Gasteiger partial charge in [-0.15, -0.1) is 0 Å². The Kier molecular flexibility index (Phi) is 3.50. The Morgan fingerprint density at radius 2 is 2.22 bits per heavy atom. The van der Waals surface area contributed by atoms with Gasteiger partial charge in [-0.1, -0.05) is 24.3 Å². The van der Waals surface area contributed by atoms with Gasteiger partial charge in [-0.05, 0) is 18.1 Å². The van der Waals surface area contributed by atoms with Gasteiger partial charge >= 0.3 is 12.0 Å². The number of aryl methyl sites for hydroxylation is 1. The minimum atomic E-state index is -0.887. The summed E-state index contributed by atoms with van der Waals surface area (Å²) in [5, 5.41) is 11.5. The van der Waals surface area contributed by atoms with Gasteiger partial charge in [-0.3, -0.25) is 4.79 Å². The van der Waals surface area contributed by atoms with E-state index in [-0.39, 0.29) is 25.0 Å². The fourth-order valence-corrected chi connectivity index (χ4v) is 2.17. The number of hydrogen-bond acceptors (Lipinski definition) is 2. The highest BCUT2D eigenvalue weighted by Gasteiger charge is 2.30. The maximum absolute atomic E-state index is 11.7. The molecule has 0 radical (unpaired) electrons. The number of nitrogens with zero attached hydrogens (tertiary/aromatic N) is 1. The van der Waals surface area contributed by atoms with E-state index in [0.29, 0.717) is 6.54 Å². The Labute approximate surface area is 105 Å². The fraction of sp³-hybridized carbons (Fsp3) is 0.385. The molecule has 2 N–H and O–H groups in total. The zero-order valence-corrected chi connectivity index (χ0v) is 10.2. The highest BCUT2D eigenvalue weighted by molar-refractivity contribution is 5.78. The molecule has 1 aromatic rings. The van der Waals surface area contributed by atoms with Crippen LogP contribution >= 0.6 is 0 Å². The molecule has 2 rings (SSSR count). The Hall–Kier alpha value is -2.04. The van der Waals surface area contributed by atoms with Crippen molar-refractivity contribution in [1.29, 1.82) is 0 Å². The monoisotopic (exact) mass is 248 g/mol. The predicted molar refractivity (Wildman–Crippen MR) is 66.3 cm³/mol. The van der Waals surface area contributed by atoms with E-state index in [1.54, 1.807) is 4.90 Å². The molecule has 1 unspecified atom stereocenters. The van der Waals surface area contributed by atoms with Crippen LogP contribution in [0, 0.1) is 6.92 Å². The minimum Gasteiger partial charge on any atom is -0.481 e. The van der Waals surface area contributed by atoms with E-state index >= 15 is 0 Å². The van der Waals surface area contributed by atoms with Crippen molar-refractivity contribution in [1.82, 2.24) is 10.2 Å². The van der Waals surface area contributed by atoms with Gasteiger partial charge in [0, 0.05) is 13.1 Å². The summed E-state index contributed by atoms with van der Waals surface area (Å²) in [5.74, 6) is -0.887. The zero-order valence-electron chi connectivity index (χ0n) is 10.2. The zero-order chi connectivity index (χ0) is 13.1. The predicted octanol–water partition coefficient (Wildman–Crippen LogP) is 1.54. The second-order valence-electron chi connectivity index (χ2n) is 4.45. The van der Waals surface area contributed by atoms with Gasteiger partial charge in [0.25, 0.3) is 0 Å². The first-order valence-electron chi connectivity index (χ1n) is 5.90. The number of carbonyl (C=O) groups is 2. The molecule has 96 valence electrons. The molecule has 0 aliphatic carbocycles. The van der Waals surface area contributed by atoms with Gasteiger partial charge in [0.2, 0.25) is 0 Å². The number of carbonyl (C=O) groups excluding carboxylic acids is 1. The van der Waals surface area contributed by atoms with Crippen LogP contribution in [0.5, 0.6) is 0 Å². The second-order valence-corrected chi connectivity index (χ2v) is 4.45. The smallest absolute Gasteiger partial charge is 0.318 e. The molecule has 5 heteroatoms. The lowest BCUT2D eigenvalue weighted by Gasteiger charge is -2.14. The number of rotatable bonds is 4. The first-order valence-corrected chi connectivity index (χ1v) is 5.90. The summed E-state index contributed by atoms with van der Waals surface area (Å²) in [5.41, 5.74) is 2.21. The molecule has 0 aromatic heterocycles. The molecule has 2 amide bonds. The summed E-state index contributed by atoms with van der Waals surface area (Å²) >= 11 is 0. The van der Waals surface area contributed by atoms with E-state index in [1.807, 2.05) is 31.2 Å². The van der Waals surface area contributed by atoms with Crippen LogP contribution < -0.4 is 5.32 Å². The van der Waals surface area contributed by atoms with E-state index in [2.05, 4.69) is 5.32 Å². The van der Waals surface area contributed by atoms with Crippen LogP contribution in [0.2, 0.25) is 0 Å². The average Bonchev–Trinajstić information content (AvgIpc) is 2.68. The summed E-state index contributed by atoms with van der Waals surface area (Å²) in [7, 11) is 0. The quantitative estimate of drug-likeness (QED) is 0.849. The van der Waals surface area contributed by atoms with E-state index in [0.717, 1.165) is 11.1 Å². The molecule has 1 heterocycles. The molecule has 5 nitrogen and oxygen atoms in total. The van der Waals surface area contributed by atoms with E-state index < -0.39 is 5.97 Å². The van der Waals surface area contributed by atoms with Gasteiger partial charge in [0.1, 0.15) is 0 Å². The van der Waals surface area contributed by atoms with Gasteiger partial charge < -0.3 is 15.3 Å². The number of nitrogens with one attached hydrogen (secondary N) is 1. The van der Waals surface area contributed by atoms with Gasteiger partial charge in [-0.25, -0.2) is 4.79 Å². The van der Waals surface area contributed by atoms with Crippen LogP contribution in [-0.4, -0.2) is 35.1 Å². The molecule has 1 fully saturated rings. The molecule has 0 spiro atoms.